The molecule has 2 rings (SSSR count). The van der Waals surface area contributed by atoms with Gasteiger partial charge in [-0.15, -0.1) is 0 Å². The molecule has 0 saturated carbocycles. The van der Waals surface area contributed by atoms with E-state index < -0.39 is 0 Å². The van der Waals surface area contributed by atoms with Gasteiger partial charge in [-0.3, -0.25) is 0 Å². The van der Waals surface area contributed by atoms with Crippen LogP contribution in [-0.4, -0.2) is 10.6 Å². The summed E-state index contributed by atoms with van der Waals surface area (Å²) in [5.41, 5.74) is 5.62. The molecule has 0 amide bonds. The summed E-state index contributed by atoms with van der Waals surface area (Å²) in [6.45, 7) is 10.9. The molecule has 0 saturated heterocycles. The first-order valence-corrected chi connectivity index (χ1v) is 8.04. The fraction of sp³-hybridized carbons (Fsp3) is 0.474. The molecule has 0 fully saturated rings. The molecule has 1 unspecified atom stereocenters. The van der Waals surface area contributed by atoms with Crippen LogP contribution in [0.15, 0.2) is 36.4 Å². The lowest BCUT2D eigenvalue weighted by Crippen LogP contribution is -2.26. The molecule has 0 aliphatic heterocycles. The van der Waals surface area contributed by atoms with Crippen molar-refractivity contribution in [3.8, 4) is 0 Å². The molecule has 1 N–H and O–H groups in total. The van der Waals surface area contributed by atoms with Crippen LogP contribution in [0.1, 0.15) is 42.8 Å². The van der Waals surface area contributed by atoms with Gasteiger partial charge in [-0.1, -0.05) is 30.3 Å². The van der Waals surface area contributed by atoms with Gasteiger partial charge < -0.3 is 9.88 Å². The Hall–Kier alpha value is -1.54. The van der Waals surface area contributed by atoms with E-state index in [0.717, 1.165) is 19.5 Å². The normalized spacial score (nSPS) is 12.6. The van der Waals surface area contributed by atoms with Crippen molar-refractivity contribution in [2.24, 2.45) is 0 Å². The zero-order valence-corrected chi connectivity index (χ0v) is 13.8. The van der Waals surface area contributed by atoms with E-state index in [9.17, 15) is 0 Å². The summed E-state index contributed by atoms with van der Waals surface area (Å²) in [7, 11) is 0. The van der Waals surface area contributed by atoms with Gasteiger partial charge in [0.05, 0.1) is 0 Å². The van der Waals surface area contributed by atoms with Crippen LogP contribution in [0.4, 0.5) is 0 Å². The maximum Gasteiger partial charge on any atom is 0.0225 e. The molecule has 1 aromatic heterocycles. The minimum absolute atomic E-state index is 0.537. The summed E-state index contributed by atoms with van der Waals surface area (Å²) in [6, 6.07) is 13.6. The standard InChI is InChI=1S/C19H28N2/c1-5-21-16(3)13-19(17(21)4)14-20-15(2)11-12-18-9-7-6-8-10-18/h6-10,13,15,20H,5,11-12,14H2,1-4H3. The Balaban J connectivity index is 1.83. The van der Waals surface area contributed by atoms with Crippen LogP contribution in [0.3, 0.4) is 0 Å². The fourth-order valence-electron chi connectivity index (χ4n) is 2.95. The Kier molecular flexibility index (Phi) is 5.63. The predicted octanol–water partition coefficient (Wildman–Crippen LogP) is 4.24. The number of rotatable bonds is 7. The Morgan fingerprint density at radius 1 is 1.14 bits per heavy atom. The van der Waals surface area contributed by atoms with Crippen molar-refractivity contribution in [3.05, 3.63) is 58.9 Å². The second-order valence-corrected chi connectivity index (χ2v) is 5.95. The van der Waals surface area contributed by atoms with E-state index in [0.29, 0.717) is 6.04 Å². The molecule has 2 aromatic rings. The molecule has 0 aliphatic carbocycles. The molecule has 1 atom stereocenters. The number of hydrogen-bond donors (Lipinski definition) is 1. The van der Waals surface area contributed by atoms with E-state index in [2.05, 4.69) is 74.0 Å². The summed E-state index contributed by atoms with van der Waals surface area (Å²) in [4.78, 5) is 0. The fourth-order valence-corrected chi connectivity index (χ4v) is 2.95. The Bertz CT molecular complexity index is 554. The van der Waals surface area contributed by atoms with Crippen LogP contribution in [-0.2, 0) is 19.5 Å². The molecule has 2 nitrogen and oxygen atoms in total. The first kappa shape index (κ1) is 15.8. The minimum Gasteiger partial charge on any atom is -0.349 e. The van der Waals surface area contributed by atoms with Gasteiger partial charge in [-0.05, 0) is 57.7 Å². The lowest BCUT2D eigenvalue weighted by atomic mass is 10.1. The van der Waals surface area contributed by atoms with Crippen molar-refractivity contribution >= 4 is 0 Å². The van der Waals surface area contributed by atoms with Crippen LogP contribution in [0.2, 0.25) is 0 Å². The van der Waals surface area contributed by atoms with E-state index in [4.69, 9.17) is 0 Å². The van der Waals surface area contributed by atoms with Crippen molar-refractivity contribution in [1.29, 1.82) is 0 Å². The first-order chi connectivity index (χ1) is 10.1. The zero-order valence-electron chi connectivity index (χ0n) is 13.8. The third kappa shape index (κ3) is 4.21. The first-order valence-electron chi connectivity index (χ1n) is 8.04. The largest absolute Gasteiger partial charge is 0.349 e. The average Bonchev–Trinajstić information content (AvgIpc) is 2.77. The summed E-state index contributed by atoms with van der Waals surface area (Å²) in [6.07, 6.45) is 2.32. The smallest absolute Gasteiger partial charge is 0.0225 e. The summed E-state index contributed by atoms with van der Waals surface area (Å²) in [5, 5.41) is 3.66. The highest BCUT2D eigenvalue weighted by Crippen LogP contribution is 2.15. The van der Waals surface area contributed by atoms with Crippen molar-refractivity contribution in [3.63, 3.8) is 0 Å². The summed E-state index contributed by atoms with van der Waals surface area (Å²) >= 11 is 0. The molecule has 1 heterocycles. The Morgan fingerprint density at radius 3 is 2.48 bits per heavy atom. The highest BCUT2D eigenvalue weighted by molar-refractivity contribution is 5.26. The predicted molar refractivity (Wildman–Crippen MR) is 90.6 cm³/mol. The van der Waals surface area contributed by atoms with E-state index in [-0.39, 0.29) is 0 Å². The van der Waals surface area contributed by atoms with E-state index in [1.54, 1.807) is 0 Å². The summed E-state index contributed by atoms with van der Waals surface area (Å²) in [5.74, 6) is 0. The number of aromatic nitrogens is 1. The average molecular weight is 284 g/mol. The molecular formula is C19H28N2. The molecule has 2 heteroatoms. The molecule has 0 aliphatic rings. The highest BCUT2D eigenvalue weighted by Gasteiger charge is 2.09. The topological polar surface area (TPSA) is 17.0 Å². The van der Waals surface area contributed by atoms with Crippen molar-refractivity contribution in [2.75, 3.05) is 0 Å². The van der Waals surface area contributed by atoms with Gasteiger partial charge in [0.15, 0.2) is 0 Å². The number of benzene rings is 1. The number of aryl methyl sites for hydroxylation is 2. The zero-order chi connectivity index (χ0) is 15.2. The number of nitrogens with zero attached hydrogens (tertiary/aromatic N) is 1. The van der Waals surface area contributed by atoms with Gasteiger partial charge >= 0.3 is 0 Å². The van der Waals surface area contributed by atoms with Crippen molar-refractivity contribution in [1.82, 2.24) is 9.88 Å². The SMILES string of the molecule is CCn1c(C)cc(CNC(C)CCc2ccccc2)c1C. The third-order valence-corrected chi connectivity index (χ3v) is 4.34. The molecular weight excluding hydrogens is 256 g/mol. The van der Waals surface area contributed by atoms with Gasteiger partial charge in [-0.2, -0.15) is 0 Å². The monoisotopic (exact) mass is 284 g/mol. The van der Waals surface area contributed by atoms with Gasteiger partial charge in [0.1, 0.15) is 0 Å². The van der Waals surface area contributed by atoms with Crippen LogP contribution in [0, 0.1) is 13.8 Å². The minimum atomic E-state index is 0.537. The maximum atomic E-state index is 3.66. The Morgan fingerprint density at radius 2 is 1.86 bits per heavy atom. The number of nitrogens with one attached hydrogen (secondary N) is 1. The van der Waals surface area contributed by atoms with Gasteiger partial charge in [0.2, 0.25) is 0 Å². The molecule has 0 spiro atoms. The van der Waals surface area contributed by atoms with E-state index >= 15 is 0 Å². The maximum absolute atomic E-state index is 3.66. The van der Waals surface area contributed by atoms with Gasteiger partial charge in [-0.25, -0.2) is 0 Å². The van der Waals surface area contributed by atoms with Gasteiger partial charge in [0.25, 0.3) is 0 Å². The molecule has 0 bridgehead atoms. The molecule has 0 radical (unpaired) electrons. The van der Waals surface area contributed by atoms with Crippen LogP contribution in [0.25, 0.3) is 0 Å². The molecule has 1 aromatic carbocycles. The number of hydrogen-bond acceptors (Lipinski definition) is 1. The summed E-state index contributed by atoms with van der Waals surface area (Å²) < 4.78 is 2.38. The van der Waals surface area contributed by atoms with Crippen LogP contribution in [0.5, 0.6) is 0 Å². The van der Waals surface area contributed by atoms with E-state index in [1.165, 1.54) is 28.9 Å². The van der Waals surface area contributed by atoms with Crippen molar-refractivity contribution in [2.45, 2.75) is 59.7 Å². The third-order valence-electron chi connectivity index (χ3n) is 4.34. The van der Waals surface area contributed by atoms with Crippen molar-refractivity contribution < 1.29 is 0 Å². The molecule has 21 heavy (non-hydrogen) atoms. The highest BCUT2D eigenvalue weighted by atomic mass is 15.0. The van der Waals surface area contributed by atoms with Gasteiger partial charge in [0, 0.05) is 30.5 Å². The second-order valence-electron chi connectivity index (χ2n) is 5.95. The van der Waals surface area contributed by atoms with Crippen LogP contribution >= 0.6 is 0 Å². The van der Waals surface area contributed by atoms with E-state index in [1.807, 2.05) is 0 Å². The lowest BCUT2D eigenvalue weighted by molar-refractivity contribution is 0.512. The van der Waals surface area contributed by atoms with Crippen LogP contribution < -0.4 is 5.32 Å². The lowest BCUT2D eigenvalue weighted by Gasteiger charge is -2.14. The second kappa shape index (κ2) is 7.46. The molecule has 114 valence electrons. The Labute approximate surface area is 129 Å². The quantitative estimate of drug-likeness (QED) is 0.805.